The molecule has 0 bridgehead atoms. The second-order valence-electron chi connectivity index (χ2n) is 2.90. The van der Waals surface area contributed by atoms with Crippen molar-refractivity contribution >= 4 is 38.2 Å². The van der Waals surface area contributed by atoms with Gasteiger partial charge < -0.3 is 0 Å². The Morgan fingerprint density at radius 2 is 0.944 bits per heavy atom. The minimum Gasteiger partial charge on any atom is -0.0622 e. The van der Waals surface area contributed by atoms with E-state index in [1.54, 1.807) is 0 Å². The maximum atomic E-state index is 4.81. The van der Waals surface area contributed by atoms with Gasteiger partial charge in [-0.25, -0.2) is 0 Å². The molecule has 0 saturated carbocycles. The van der Waals surface area contributed by atoms with Crippen molar-refractivity contribution in [3.8, 4) is 0 Å². The third-order valence-corrected chi connectivity index (χ3v) is 3.08. The van der Waals surface area contributed by atoms with Crippen LogP contribution >= 0.6 is 27.6 Å². The van der Waals surface area contributed by atoms with Gasteiger partial charge in [0, 0.05) is 34.1 Å². The monoisotopic (exact) mass is 474 g/mol. The van der Waals surface area contributed by atoms with Crippen molar-refractivity contribution in [1.82, 2.24) is 0 Å². The van der Waals surface area contributed by atoms with Gasteiger partial charge in [0.15, 0.2) is 0 Å². The zero-order valence-corrected chi connectivity index (χ0v) is 15.3. The predicted octanol–water partition coefficient (Wildman–Crippen LogP) is 3.69. The fraction of sp³-hybridized carbons (Fsp3) is 0. The standard InChI is InChI=1S/C12H11P.2ClH.2Fe.Pd/c1-3-7-11(8-4-1)13-12-9-5-2-6-10-12;;;;;/h1-10,13H;2*1H;;;/q;;;;;+2/p-2. The van der Waals surface area contributed by atoms with Crippen LogP contribution in [0.4, 0.5) is 0 Å². The summed E-state index contributed by atoms with van der Waals surface area (Å²) >= 11 is -0.106. The third-order valence-electron chi connectivity index (χ3n) is 1.84. The van der Waals surface area contributed by atoms with E-state index in [4.69, 9.17) is 19.1 Å². The van der Waals surface area contributed by atoms with E-state index in [1.165, 1.54) is 10.6 Å². The van der Waals surface area contributed by atoms with E-state index < -0.39 is 0 Å². The van der Waals surface area contributed by atoms with Crippen LogP contribution in [0.1, 0.15) is 0 Å². The van der Waals surface area contributed by atoms with Gasteiger partial charge in [-0.1, -0.05) is 69.2 Å². The van der Waals surface area contributed by atoms with Gasteiger partial charge >= 0.3 is 35.0 Å². The molecular weight excluding hydrogens is 464 g/mol. The minimum absolute atomic E-state index is 0. The summed E-state index contributed by atoms with van der Waals surface area (Å²) in [6.07, 6.45) is 0. The molecular formula is C12H11Cl2Fe2PPd. The van der Waals surface area contributed by atoms with E-state index in [1.807, 2.05) is 0 Å². The topological polar surface area (TPSA) is 0 Å². The fourth-order valence-corrected chi connectivity index (χ4v) is 2.26. The van der Waals surface area contributed by atoms with E-state index in [0.717, 1.165) is 8.58 Å². The van der Waals surface area contributed by atoms with Crippen LogP contribution in [0, 0.1) is 0 Å². The average molecular weight is 475 g/mol. The first-order valence-corrected chi connectivity index (χ1v) is 9.56. The summed E-state index contributed by atoms with van der Waals surface area (Å²) in [6.45, 7) is 0. The number of rotatable bonds is 2. The Kier molecular flexibility index (Phi) is 17.3. The van der Waals surface area contributed by atoms with Crippen LogP contribution in [-0.2, 0) is 50.1 Å². The number of hydrogen-bond donors (Lipinski definition) is 0. The Bertz CT molecular complexity index is 352. The van der Waals surface area contributed by atoms with Crippen LogP contribution in [0.5, 0.6) is 0 Å². The first-order chi connectivity index (χ1) is 7.86. The molecule has 0 aliphatic carbocycles. The van der Waals surface area contributed by atoms with Crippen LogP contribution < -0.4 is 10.6 Å². The summed E-state index contributed by atoms with van der Waals surface area (Å²) in [4.78, 5) is 0. The van der Waals surface area contributed by atoms with Crippen LogP contribution in [0.2, 0.25) is 0 Å². The molecule has 0 amide bonds. The molecule has 0 radical (unpaired) electrons. The van der Waals surface area contributed by atoms with Crippen molar-refractivity contribution < 1.29 is 50.1 Å². The summed E-state index contributed by atoms with van der Waals surface area (Å²) < 4.78 is 0. The summed E-state index contributed by atoms with van der Waals surface area (Å²) in [6, 6.07) is 21.2. The summed E-state index contributed by atoms with van der Waals surface area (Å²) in [7, 11) is 10.4. The van der Waals surface area contributed by atoms with Crippen molar-refractivity contribution in [3.05, 3.63) is 60.7 Å². The van der Waals surface area contributed by atoms with Crippen molar-refractivity contribution in [2.75, 3.05) is 0 Å². The number of benzene rings is 2. The molecule has 0 spiro atoms. The summed E-state index contributed by atoms with van der Waals surface area (Å²) in [5.41, 5.74) is 0. The average Bonchev–Trinajstić information content (AvgIpc) is 2.33. The molecule has 2 aromatic rings. The second-order valence-corrected chi connectivity index (χ2v) is 6.67. The SMILES string of the molecule is [Cl][Pd][Cl].[Fe].[Fe].c1ccc(Pc2ccccc2)cc1. The van der Waals surface area contributed by atoms with Crippen LogP contribution in [0.25, 0.3) is 0 Å². The molecule has 0 saturated heterocycles. The molecule has 0 aromatic heterocycles. The Hall–Kier alpha value is 1.15. The van der Waals surface area contributed by atoms with E-state index >= 15 is 0 Å². The van der Waals surface area contributed by atoms with E-state index in [9.17, 15) is 0 Å². The van der Waals surface area contributed by atoms with Crippen LogP contribution in [-0.4, -0.2) is 0 Å². The maximum absolute atomic E-state index is 4.81. The van der Waals surface area contributed by atoms with E-state index in [0.29, 0.717) is 0 Å². The Morgan fingerprint density at radius 1 is 0.667 bits per heavy atom. The van der Waals surface area contributed by atoms with Crippen molar-refractivity contribution in [2.45, 2.75) is 0 Å². The van der Waals surface area contributed by atoms with Gasteiger partial charge in [-0.2, -0.15) is 0 Å². The van der Waals surface area contributed by atoms with Crippen molar-refractivity contribution in [3.63, 3.8) is 0 Å². The maximum Gasteiger partial charge on any atom is 0 e. The van der Waals surface area contributed by atoms with E-state index in [2.05, 4.69) is 60.7 Å². The van der Waals surface area contributed by atoms with Gasteiger partial charge in [-0.05, 0) is 10.6 Å². The quantitative estimate of drug-likeness (QED) is 0.460. The molecule has 0 aliphatic heterocycles. The molecule has 2 rings (SSSR count). The van der Waals surface area contributed by atoms with E-state index in [-0.39, 0.29) is 50.1 Å². The van der Waals surface area contributed by atoms with Gasteiger partial charge in [0.2, 0.25) is 0 Å². The zero-order valence-electron chi connectivity index (χ0n) is 9.05. The largest absolute Gasteiger partial charge is 0.0622 e. The number of halogens is 2. The third kappa shape index (κ3) is 10.0. The molecule has 0 unspecified atom stereocenters. The second kappa shape index (κ2) is 14.6. The molecule has 0 fully saturated rings. The van der Waals surface area contributed by atoms with Gasteiger partial charge in [0.05, 0.1) is 0 Å². The molecule has 18 heavy (non-hydrogen) atoms. The predicted molar refractivity (Wildman–Crippen MR) is 72.2 cm³/mol. The van der Waals surface area contributed by atoms with Crippen LogP contribution in [0.3, 0.4) is 0 Å². The molecule has 6 heteroatoms. The normalized spacial score (nSPS) is 8.33. The van der Waals surface area contributed by atoms with Crippen molar-refractivity contribution in [2.24, 2.45) is 0 Å². The number of hydrogen-bond acceptors (Lipinski definition) is 0. The smallest absolute Gasteiger partial charge is 0 e. The Morgan fingerprint density at radius 3 is 1.22 bits per heavy atom. The molecule has 0 heterocycles. The first kappa shape index (κ1) is 21.4. The van der Waals surface area contributed by atoms with Gasteiger partial charge in [0.1, 0.15) is 0 Å². The molecule has 2 aromatic carbocycles. The first-order valence-electron chi connectivity index (χ1n) is 4.56. The molecule has 0 atom stereocenters. The molecule has 0 nitrogen and oxygen atoms in total. The fourth-order valence-electron chi connectivity index (χ4n) is 1.21. The van der Waals surface area contributed by atoms with Gasteiger partial charge in [0.25, 0.3) is 0 Å². The van der Waals surface area contributed by atoms with Crippen molar-refractivity contribution in [1.29, 1.82) is 0 Å². The molecule has 104 valence electrons. The molecule has 0 N–H and O–H groups in total. The Balaban J connectivity index is 0. The van der Waals surface area contributed by atoms with Gasteiger partial charge in [-0.3, -0.25) is 0 Å². The van der Waals surface area contributed by atoms with Crippen LogP contribution in [0.15, 0.2) is 60.7 Å². The zero-order chi connectivity index (χ0) is 11.6. The Labute approximate surface area is 147 Å². The minimum atomic E-state index is -0.106. The molecule has 0 aliphatic rings. The van der Waals surface area contributed by atoms with Gasteiger partial charge in [-0.15, -0.1) is 0 Å². The summed E-state index contributed by atoms with van der Waals surface area (Å²) in [5.74, 6) is 0. The summed E-state index contributed by atoms with van der Waals surface area (Å²) in [5, 5.41) is 2.79.